The molecule has 1 saturated heterocycles. The molecule has 3 aromatic rings. The van der Waals surface area contributed by atoms with Gasteiger partial charge in [-0.1, -0.05) is 12.1 Å². The average Bonchev–Trinajstić information content (AvgIpc) is 3.07. The van der Waals surface area contributed by atoms with Crippen LogP contribution in [0.4, 0.5) is 18.9 Å². The number of rotatable bonds is 5. The van der Waals surface area contributed by atoms with Gasteiger partial charge in [-0.25, -0.2) is 13.2 Å². The molecule has 1 amide bonds. The molecule has 1 aliphatic heterocycles. The first-order valence-electron chi connectivity index (χ1n) is 10.1. The van der Waals surface area contributed by atoms with E-state index < -0.39 is 46.6 Å². The van der Waals surface area contributed by atoms with Crippen LogP contribution in [0.3, 0.4) is 0 Å². The minimum Gasteiger partial charge on any atom is -0.507 e. The highest BCUT2D eigenvalue weighted by atomic mass is 19.1. The SMILES string of the molecule is CCOc1ccc(/C(O)=C2\C(=O)C(=O)N(c3cc(F)ccc3F)C2c2ccc(F)cc2)cc1. The van der Waals surface area contributed by atoms with E-state index in [2.05, 4.69) is 0 Å². The van der Waals surface area contributed by atoms with E-state index in [1.807, 2.05) is 6.92 Å². The van der Waals surface area contributed by atoms with Gasteiger partial charge in [-0.2, -0.15) is 0 Å². The van der Waals surface area contributed by atoms with Crippen molar-refractivity contribution in [3.63, 3.8) is 0 Å². The molecule has 1 atom stereocenters. The van der Waals surface area contributed by atoms with Crippen LogP contribution in [0, 0.1) is 17.5 Å². The van der Waals surface area contributed by atoms with Crippen LogP contribution in [0.25, 0.3) is 5.76 Å². The summed E-state index contributed by atoms with van der Waals surface area (Å²) in [7, 11) is 0. The molecule has 8 heteroatoms. The Balaban J connectivity index is 1.92. The van der Waals surface area contributed by atoms with Crippen LogP contribution in [0.5, 0.6) is 5.75 Å². The number of Topliss-reactive ketones (excluding diaryl/α,β-unsaturated/α-hetero) is 1. The zero-order valence-electron chi connectivity index (χ0n) is 17.4. The number of amides is 1. The van der Waals surface area contributed by atoms with E-state index in [0.29, 0.717) is 12.4 Å². The third kappa shape index (κ3) is 4.07. The molecule has 0 saturated carbocycles. The Morgan fingerprint density at radius 1 is 0.939 bits per heavy atom. The molecule has 0 aliphatic carbocycles. The maximum atomic E-state index is 14.6. The number of ketones is 1. The van der Waals surface area contributed by atoms with E-state index in [-0.39, 0.29) is 16.7 Å². The molecule has 0 radical (unpaired) electrons. The van der Waals surface area contributed by atoms with Crippen LogP contribution >= 0.6 is 0 Å². The molecule has 168 valence electrons. The number of hydrogen-bond donors (Lipinski definition) is 1. The Morgan fingerprint density at radius 2 is 1.58 bits per heavy atom. The van der Waals surface area contributed by atoms with Gasteiger partial charge >= 0.3 is 0 Å². The summed E-state index contributed by atoms with van der Waals surface area (Å²) in [5.74, 6) is -4.54. The minimum absolute atomic E-state index is 0.211. The quantitative estimate of drug-likeness (QED) is 0.331. The maximum absolute atomic E-state index is 14.6. The molecule has 1 unspecified atom stereocenters. The molecule has 0 spiro atoms. The number of aliphatic hydroxyl groups excluding tert-OH is 1. The summed E-state index contributed by atoms with van der Waals surface area (Å²) in [6, 6.07) is 12.2. The molecule has 33 heavy (non-hydrogen) atoms. The Kier molecular flexibility index (Phi) is 5.91. The monoisotopic (exact) mass is 453 g/mol. The van der Waals surface area contributed by atoms with Crippen molar-refractivity contribution in [2.24, 2.45) is 0 Å². The smallest absolute Gasteiger partial charge is 0.300 e. The Bertz CT molecular complexity index is 1250. The number of ether oxygens (including phenoxy) is 1. The fourth-order valence-electron chi connectivity index (χ4n) is 3.74. The highest BCUT2D eigenvalue weighted by Crippen LogP contribution is 2.43. The molecular formula is C25H18F3NO4. The first-order valence-corrected chi connectivity index (χ1v) is 10.1. The first-order chi connectivity index (χ1) is 15.8. The lowest BCUT2D eigenvalue weighted by Gasteiger charge is -2.25. The number of nitrogens with zero attached hydrogens (tertiary/aromatic N) is 1. The van der Waals surface area contributed by atoms with Gasteiger partial charge in [-0.05, 0) is 61.0 Å². The molecule has 1 fully saturated rings. The normalized spacial score (nSPS) is 17.5. The number of anilines is 1. The van der Waals surface area contributed by atoms with Crippen molar-refractivity contribution in [1.29, 1.82) is 0 Å². The summed E-state index contributed by atoms with van der Waals surface area (Å²) in [5, 5.41) is 11.0. The summed E-state index contributed by atoms with van der Waals surface area (Å²) in [4.78, 5) is 26.7. The predicted molar refractivity (Wildman–Crippen MR) is 115 cm³/mol. The van der Waals surface area contributed by atoms with Gasteiger partial charge in [0.25, 0.3) is 11.7 Å². The highest BCUT2D eigenvalue weighted by Gasteiger charge is 2.47. The summed E-state index contributed by atoms with van der Waals surface area (Å²) in [6.45, 7) is 2.24. The van der Waals surface area contributed by atoms with Crippen LogP contribution < -0.4 is 9.64 Å². The summed E-state index contributed by atoms with van der Waals surface area (Å²) < 4.78 is 47.5. The fraction of sp³-hybridized carbons (Fsp3) is 0.120. The van der Waals surface area contributed by atoms with Crippen LogP contribution in [0.1, 0.15) is 24.1 Å². The molecule has 1 aliphatic rings. The molecule has 1 heterocycles. The number of hydrogen-bond acceptors (Lipinski definition) is 4. The van der Waals surface area contributed by atoms with Crippen molar-refractivity contribution in [2.75, 3.05) is 11.5 Å². The summed E-state index contributed by atoms with van der Waals surface area (Å²) in [6.07, 6.45) is 0. The van der Waals surface area contributed by atoms with Crippen molar-refractivity contribution >= 4 is 23.1 Å². The van der Waals surface area contributed by atoms with Crippen molar-refractivity contribution < 1.29 is 32.6 Å². The van der Waals surface area contributed by atoms with E-state index in [9.17, 15) is 27.9 Å². The van der Waals surface area contributed by atoms with Gasteiger partial charge in [-0.3, -0.25) is 14.5 Å². The van der Waals surface area contributed by atoms with Crippen molar-refractivity contribution in [3.05, 3.63) is 101 Å². The van der Waals surface area contributed by atoms with Gasteiger partial charge in [0.15, 0.2) is 0 Å². The number of aliphatic hydroxyl groups is 1. The van der Waals surface area contributed by atoms with Crippen LogP contribution in [-0.2, 0) is 9.59 Å². The van der Waals surface area contributed by atoms with Gasteiger partial charge in [-0.15, -0.1) is 0 Å². The zero-order chi connectivity index (χ0) is 23.7. The molecule has 4 rings (SSSR count). The molecule has 1 N–H and O–H groups in total. The molecule has 0 aromatic heterocycles. The molecule has 3 aromatic carbocycles. The average molecular weight is 453 g/mol. The maximum Gasteiger partial charge on any atom is 0.300 e. The van der Waals surface area contributed by atoms with E-state index in [0.717, 1.165) is 35.2 Å². The minimum atomic E-state index is -1.31. The topological polar surface area (TPSA) is 66.8 Å². The first kappa shape index (κ1) is 22.1. The Labute approximate surface area is 187 Å². The van der Waals surface area contributed by atoms with Crippen LogP contribution in [-0.4, -0.2) is 23.4 Å². The van der Waals surface area contributed by atoms with Gasteiger partial charge in [0.1, 0.15) is 29.0 Å². The van der Waals surface area contributed by atoms with Crippen LogP contribution in [0.15, 0.2) is 72.3 Å². The van der Waals surface area contributed by atoms with E-state index in [4.69, 9.17) is 4.74 Å². The second-order valence-corrected chi connectivity index (χ2v) is 7.27. The van der Waals surface area contributed by atoms with Gasteiger partial charge in [0.2, 0.25) is 0 Å². The van der Waals surface area contributed by atoms with Gasteiger partial charge in [0, 0.05) is 11.6 Å². The second kappa shape index (κ2) is 8.82. The van der Waals surface area contributed by atoms with Crippen molar-refractivity contribution in [1.82, 2.24) is 0 Å². The highest BCUT2D eigenvalue weighted by molar-refractivity contribution is 6.51. The lowest BCUT2D eigenvalue weighted by Crippen LogP contribution is -2.30. The van der Waals surface area contributed by atoms with E-state index in [1.54, 1.807) is 12.1 Å². The van der Waals surface area contributed by atoms with E-state index >= 15 is 0 Å². The van der Waals surface area contributed by atoms with Crippen LogP contribution in [0.2, 0.25) is 0 Å². The van der Waals surface area contributed by atoms with Crippen molar-refractivity contribution in [3.8, 4) is 5.75 Å². The van der Waals surface area contributed by atoms with Crippen molar-refractivity contribution in [2.45, 2.75) is 13.0 Å². The lowest BCUT2D eigenvalue weighted by molar-refractivity contribution is -0.132. The molecule has 0 bridgehead atoms. The second-order valence-electron chi connectivity index (χ2n) is 7.27. The standard InChI is InChI=1S/C25H18F3NO4/c1-2-33-18-10-5-15(6-11-18)23(30)21-22(14-3-7-16(26)8-4-14)29(25(32)24(21)31)20-13-17(27)9-12-19(20)28/h3-13,22,30H,2H2,1H3/b23-21+. The number of halogens is 3. The number of carbonyl (C=O) groups excluding carboxylic acids is 2. The Hall–Kier alpha value is -4.07. The molecule has 5 nitrogen and oxygen atoms in total. The third-order valence-corrected chi connectivity index (χ3v) is 5.24. The largest absolute Gasteiger partial charge is 0.507 e. The third-order valence-electron chi connectivity index (χ3n) is 5.24. The Morgan fingerprint density at radius 3 is 2.21 bits per heavy atom. The number of benzene rings is 3. The fourth-order valence-corrected chi connectivity index (χ4v) is 3.74. The number of carbonyl (C=O) groups is 2. The predicted octanol–water partition coefficient (Wildman–Crippen LogP) is 5.13. The van der Waals surface area contributed by atoms with E-state index in [1.165, 1.54) is 24.3 Å². The van der Waals surface area contributed by atoms with Gasteiger partial charge in [0.05, 0.1) is 23.9 Å². The van der Waals surface area contributed by atoms with Gasteiger partial charge < -0.3 is 9.84 Å². The lowest BCUT2D eigenvalue weighted by atomic mass is 9.95. The molecular weight excluding hydrogens is 435 g/mol. The zero-order valence-corrected chi connectivity index (χ0v) is 17.4. The summed E-state index contributed by atoms with van der Waals surface area (Å²) >= 11 is 0. The summed E-state index contributed by atoms with van der Waals surface area (Å²) in [5.41, 5.74) is -0.369.